The van der Waals surface area contributed by atoms with E-state index in [-0.39, 0.29) is 31.2 Å². The zero-order valence-corrected chi connectivity index (χ0v) is 18.4. The number of fused-ring (bicyclic) bond motifs is 3. The number of ether oxygens (including phenoxy) is 2. The van der Waals surface area contributed by atoms with Crippen LogP contribution >= 0.6 is 11.6 Å². The van der Waals surface area contributed by atoms with Crippen LogP contribution in [0.3, 0.4) is 0 Å². The average molecular weight is 456 g/mol. The van der Waals surface area contributed by atoms with E-state index in [9.17, 15) is 14.4 Å². The number of hydrogen-bond acceptors (Lipinski definition) is 5. The molecule has 32 heavy (non-hydrogen) atoms. The van der Waals surface area contributed by atoms with E-state index in [1.54, 1.807) is 24.3 Å². The summed E-state index contributed by atoms with van der Waals surface area (Å²) >= 11 is 6.18. The highest BCUT2D eigenvalue weighted by Crippen LogP contribution is 2.45. The number of rotatable bonds is 6. The molecule has 166 valence electrons. The highest BCUT2D eigenvalue weighted by Gasteiger charge is 2.60. The van der Waals surface area contributed by atoms with Crippen LogP contribution in [-0.4, -0.2) is 49.0 Å². The van der Waals surface area contributed by atoms with Gasteiger partial charge in [0.1, 0.15) is 11.5 Å². The Morgan fingerprint density at radius 2 is 1.94 bits per heavy atom. The van der Waals surface area contributed by atoms with Crippen LogP contribution in [0.5, 0.6) is 11.5 Å². The van der Waals surface area contributed by atoms with Gasteiger partial charge in [-0.3, -0.25) is 19.3 Å². The quantitative estimate of drug-likeness (QED) is 0.674. The SMILES string of the molecule is C=CCN1C(=O)c2ccccc2N2C(=O)CC[C@]12C(=O)Nc1cc(OC)c(Cl)cc1OC. The lowest BCUT2D eigenvalue weighted by Gasteiger charge is -2.48. The summed E-state index contributed by atoms with van der Waals surface area (Å²) in [4.78, 5) is 43.0. The first-order valence-electron chi connectivity index (χ1n) is 9.97. The number of carbonyl (C=O) groups is 3. The minimum Gasteiger partial charge on any atom is -0.495 e. The summed E-state index contributed by atoms with van der Waals surface area (Å²) in [5.74, 6) is -0.477. The molecule has 0 aromatic heterocycles. The van der Waals surface area contributed by atoms with Crippen LogP contribution in [0.1, 0.15) is 23.2 Å². The molecular formula is C23H22ClN3O5. The minimum absolute atomic E-state index is 0.0887. The molecular weight excluding hydrogens is 434 g/mol. The van der Waals surface area contributed by atoms with Gasteiger partial charge in [0, 0.05) is 31.5 Å². The molecule has 2 aliphatic heterocycles. The predicted molar refractivity (Wildman–Crippen MR) is 120 cm³/mol. The molecule has 0 radical (unpaired) electrons. The Morgan fingerprint density at radius 1 is 1.22 bits per heavy atom. The van der Waals surface area contributed by atoms with Crippen LogP contribution < -0.4 is 19.7 Å². The minimum atomic E-state index is -1.55. The third kappa shape index (κ3) is 3.10. The Morgan fingerprint density at radius 3 is 2.62 bits per heavy atom. The van der Waals surface area contributed by atoms with Crippen molar-refractivity contribution in [1.29, 1.82) is 0 Å². The second kappa shape index (κ2) is 8.20. The average Bonchev–Trinajstić information content (AvgIpc) is 3.15. The number of para-hydroxylation sites is 1. The van der Waals surface area contributed by atoms with Gasteiger partial charge in [0.2, 0.25) is 11.6 Å². The summed E-state index contributed by atoms with van der Waals surface area (Å²) in [5, 5.41) is 3.14. The van der Waals surface area contributed by atoms with Gasteiger partial charge in [-0.2, -0.15) is 0 Å². The Bertz CT molecular complexity index is 1130. The van der Waals surface area contributed by atoms with Gasteiger partial charge in [-0.1, -0.05) is 29.8 Å². The number of nitrogens with zero attached hydrogens (tertiary/aromatic N) is 2. The summed E-state index contributed by atoms with van der Waals surface area (Å²) in [5.41, 5.74) is -0.471. The van der Waals surface area contributed by atoms with Crippen LogP contribution in [0.2, 0.25) is 5.02 Å². The number of amides is 3. The van der Waals surface area contributed by atoms with Gasteiger partial charge in [-0.05, 0) is 12.1 Å². The molecule has 1 N–H and O–H groups in total. The largest absolute Gasteiger partial charge is 0.495 e. The lowest BCUT2D eigenvalue weighted by molar-refractivity contribution is -0.128. The van der Waals surface area contributed by atoms with Crippen LogP contribution in [0, 0.1) is 0 Å². The molecule has 0 unspecified atom stereocenters. The second-order valence-electron chi connectivity index (χ2n) is 7.41. The van der Waals surface area contributed by atoms with Crippen LogP contribution in [0.25, 0.3) is 0 Å². The van der Waals surface area contributed by atoms with Crippen molar-refractivity contribution >= 4 is 40.7 Å². The monoisotopic (exact) mass is 455 g/mol. The van der Waals surface area contributed by atoms with Crippen LogP contribution in [0.15, 0.2) is 49.1 Å². The molecule has 2 aromatic rings. The third-order valence-corrected chi connectivity index (χ3v) is 6.07. The lowest BCUT2D eigenvalue weighted by atomic mass is 9.95. The van der Waals surface area contributed by atoms with Gasteiger partial charge in [-0.25, -0.2) is 0 Å². The zero-order valence-electron chi connectivity index (χ0n) is 17.7. The molecule has 2 aromatic carbocycles. The number of carbonyl (C=O) groups excluding carboxylic acids is 3. The molecule has 2 heterocycles. The Labute approximate surface area is 190 Å². The number of benzene rings is 2. The van der Waals surface area contributed by atoms with Gasteiger partial charge in [0.15, 0.2) is 0 Å². The molecule has 8 nitrogen and oxygen atoms in total. The zero-order chi connectivity index (χ0) is 23.0. The highest BCUT2D eigenvalue weighted by molar-refractivity contribution is 6.32. The molecule has 4 rings (SSSR count). The van der Waals surface area contributed by atoms with E-state index in [1.165, 1.54) is 42.2 Å². The summed E-state index contributed by atoms with van der Waals surface area (Å²) in [6, 6.07) is 9.84. The van der Waals surface area contributed by atoms with Crippen molar-refractivity contribution in [1.82, 2.24) is 4.90 Å². The van der Waals surface area contributed by atoms with Crippen molar-refractivity contribution in [3.63, 3.8) is 0 Å². The molecule has 3 amide bonds. The van der Waals surface area contributed by atoms with Crippen molar-refractivity contribution in [2.75, 3.05) is 31.0 Å². The molecule has 0 saturated carbocycles. The number of anilines is 2. The van der Waals surface area contributed by atoms with Crippen molar-refractivity contribution in [3.8, 4) is 11.5 Å². The van der Waals surface area contributed by atoms with E-state index >= 15 is 0 Å². The first kappa shape index (κ1) is 21.7. The number of methoxy groups -OCH3 is 2. The fourth-order valence-electron chi connectivity index (χ4n) is 4.34. The summed E-state index contributed by atoms with van der Waals surface area (Å²) in [7, 11) is 2.90. The standard InChI is InChI=1S/C23H22ClN3O5/c1-4-11-26-21(29)14-7-5-6-8-17(14)27-20(28)9-10-23(26,27)22(30)25-16-13-18(31-2)15(24)12-19(16)32-3/h4-8,12-13H,1,9-11H2,2-3H3,(H,25,30)/t23-/m0/s1. The van der Waals surface area contributed by atoms with Crippen molar-refractivity contribution in [2.45, 2.75) is 18.5 Å². The first-order valence-corrected chi connectivity index (χ1v) is 10.3. The molecule has 2 aliphatic rings. The number of nitrogens with one attached hydrogen (secondary N) is 1. The van der Waals surface area contributed by atoms with Crippen LogP contribution in [-0.2, 0) is 9.59 Å². The molecule has 1 atom stereocenters. The van der Waals surface area contributed by atoms with E-state index in [0.29, 0.717) is 33.5 Å². The van der Waals surface area contributed by atoms with E-state index in [1.807, 2.05) is 0 Å². The van der Waals surface area contributed by atoms with E-state index < -0.39 is 11.6 Å². The smallest absolute Gasteiger partial charge is 0.271 e. The maximum absolute atomic E-state index is 13.8. The summed E-state index contributed by atoms with van der Waals surface area (Å²) in [6.45, 7) is 3.82. The Kier molecular flexibility index (Phi) is 5.56. The third-order valence-electron chi connectivity index (χ3n) is 5.77. The summed E-state index contributed by atoms with van der Waals surface area (Å²) in [6.07, 6.45) is 1.79. The second-order valence-corrected chi connectivity index (χ2v) is 7.82. The first-order chi connectivity index (χ1) is 15.4. The summed E-state index contributed by atoms with van der Waals surface area (Å²) < 4.78 is 10.6. The van der Waals surface area contributed by atoms with Gasteiger partial charge in [0.05, 0.1) is 36.2 Å². The van der Waals surface area contributed by atoms with Gasteiger partial charge in [-0.15, -0.1) is 6.58 Å². The fraction of sp³-hybridized carbons (Fsp3) is 0.261. The molecule has 1 saturated heterocycles. The molecule has 0 aliphatic carbocycles. The molecule has 0 spiro atoms. The van der Waals surface area contributed by atoms with Crippen molar-refractivity contribution in [3.05, 3.63) is 59.6 Å². The maximum atomic E-state index is 13.8. The van der Waals surface area contributed by atoms with E-state index in [2.05, 4.69) is 11.9 Å². The molecule has 1 fully saturated rings. The lowest BCUT2D eigenvalue weighted by Crippen LogP contribution is -2.69. The van der Waals surface area contributed by atoms with Crippen molar-refractivity contribution < 1.29 is 23.9 Å². The Balaban J connectivity index is 1.85. The van der Waals surface area contributed by atoms with Gasteiger partial charge < -0.3 is 19.7 Å². The van der Waals surface area contributed by atoms with Crippen molar-refractivity contribution in [2.24, 2.45) is 0 Å². The van der Waals surface area contributed by atoms with Gasteiger partial charge >= 0.3 is 0 Å². The van der Waals surface area contributed by atoms with E-state index in [0.717, 1.165) is 0 Å². The number of halogens is 1. The maximum Gasteiger partial charge on any atom is 0.271 e. The highest BCUT2D eigenvalue weighted by atomic mass is 35.5. The number of hydrogen-bond donors (Lipinski definition) is 1. The topological polar surface area (TPSA) is 88.2 Å². The molecule has 9 heteroatoms. The molecule has 0 bridgehead atoms. The normalized spacial score (nSPS) is 19.3. The predicted octanol–water partition coefficient (Wildman–Crippen LogP) is 3.46. The Hall–Kier alpha value is -3.52. The fourth-order valence-corrected chi connectivity index (χ4v) is 4.58. The van der Waals surface area contributed by atoms with Crippen LogP contribution in [0.4, 0.5) is 11.4 Å². The van der Waals surface area contributed by atoms with Gasteiger partial charge in [0.25, 0.3) is 11.8 Å². The van der Waals surface area contributed by atoms with E-state index in [4.69, 9.17) is 21.1 Å².